The van der Waals surface area contributed by atoms with E-state index in [1.54, 1.807) is 0 Å². The number of hydrogen-bond donors (Lipinski definition) is 0. The van der Waals surface area contributed by atoms with Gasteiger partial charge in [0.1, 0.15) is 5.92 Å². The van der Waals surface area contributed by atoms with Crippen LogP contribution < -0.4 is 0 Å². The lowest BCUT2D eigenvalue weighted by atomic mass is 9.92. The molecule has 1 atom stereocenters. The lowest BCUT2D eigenvalue weighted by Gasteiger charge is -2.47. The third kappa shape index (κ3) is 9.81. The van der Waals surface area contributed by atoms with Crippen molar-refractivity contribution in [2.24, 2.45) is 5.92 Å². The van der Waals surface area contributed by atoms with Crippen molar-refractivity contribution < 1.29 is 27.4 Å². The maximum absolute atomic E-state index is 14.9. The van der Waals surface area contributed by atoms with Gasteiger partial charge in [-0.2, -0.15) is 13.2 Å². The van der Waals surface area contributed by atoms with Gasteiger partial charge in [-0.25, -0.2) is 0 Å². The standard InChI is InChI=1S/C29H51F3O3/c1-2-3-4-5-6-16-23-27(28(30,31)32)29(33-24-17-10-7-11-18-24,34-25-19-12-8-13-20-25)35-26-21-14-9-15-22-26/h24-27H,2-23H2,1H3. The Morgan fingerprint density at radius 2 is 0.943 bits per heavy atom. The maximum Gasteiger partial charge on any atom is 0.399 e. The van der Waals surface area contributed by atoms with Gasteiger partial charge < -0.3 is 14.2 Å². The van der Waals surface area contributed by atoms with E-state index >= 15 is 0 Å². The zero-order valence-corrected chi connectivity index (χ0v) is 22.2. The number of rotatable bonds is 14. The van der Waals surface area contributed by atoms with Crippen molar-refractivity contribution in [3.8, 4) is 0 Å². The van der Waals surface area contributed by atoms with Crippen LogP contribution in [0.5, 0.6) is 0 Å². The molecule has 0 aliphatic heterocycles. The Bertz CT molecular complexity index is 500. The van der Waals surface area contributed by atoms with Gasteiger partial charge in [0.2, 0.25) is 0 Å². The molecule has 0 aromatic carbocycles. The molecule has 206 valence electrons. The van der Waals surface area contributed by atoms with E-state index < -0.39 is 18.1 Å². The predicted octanol–water partition coefficient (Wildman–Crippen LogP) is 9.62. The third-order valence-electron chi connectivity index (χ3n) is 8.32. The highest BCUT2D eigenvalue weighted by atomic mass is 19.4. The normalized spacial score (nSPS) is 23.0. The van der Waals surface area contributed by atoms with Crippen LogP contribution in [-0.2, 0) is 14.2 Å². The van der Waals surface area contributed by atoms with Crippen molar-refractivity contribution >= 4 is 0 Å². The molecule has 3 aliphatic rings. The average molecular weight is 505 g/mol. The van der Waals surface area contributed by atoms with Crippen LogP contribution in [0.25, 0.3) is 0 Å². The number of alkyl halides is 3. The van der Waals surface area contributed by atoms with Gasteiger partial charge in [0.05, 0.1) is 18.3 Å². The van der Waals surface area contributed by atoms with E-state index in [1.165, 1.54) is 0 Å². The van der Waals surface area contributed by atoms with Crippen molar-refractivity contribution in [3.05, 3.63) is 0 Å². The fraction of sp³-hybridized carbons (Fsp3) is 1.00. The summed E-state index contributed by atoms with van der Waals surface area (Å²) < 4.78 is 64.1. The molecule has 0 spiro atoms. The third-order valence-corrected chi connectivity index (χ3v) is 8.32. The van der Waals surface area contributed by atoms with E-state index in [0.29, 0.717) is 6.42 Å². The number of ether oxygens (including phenoxy) is 3. The van der Waals surface area contributed by atoms with Crippen LogP contribution in [-0.4, -0.2) is 30.5 Å². The van der Waals surface area contributed by atoms with E-state index in [-0.39, 0.29) is 24.7 Å². The fourth-order valence-corrected chi connectivity index (χ4v) is 6.25. The molecule has 3 fully saturated rings. The molecular weight excluding hydrogens is 453 g/mol. The quantitative estimate of drug-likeness (QED) is 0.174. The number of halogens is 3. The Balaban J connectivity index is 1.85. The molecule has 0 amide bonds. The molecule has 3 nitrogen and oxygen atoms in total. The number of hydrogen-bond acceptors (Lipinski definition) is 3. The molecule has 0 heterocycles. The van der Waals surface area contributed by atoms with Crippen molar-refractivity contribution in [3.63, 3.8) is 0 Å². The molecule has 0 N–H and O–H groups in total. The second-order valence-corrected chi connectivity index (χ2v) is 11.4. The van der Waals surface area contributed by atoms with Gasteiger partial charge in [-0.15, -0.1) is 0 Å². The Morgan fingerprint density at radius 3 is 1.31 bits per heavy atom. The lowest BCUT2D eigenvalue weighted by Crippen LogP contribution is -2.57. The van der Waals surface area contributed by atoms with Crippen LogP contribution in [0, 0.1) is 5.92 Å². The van der Waals surface area contributed by atoms with Crippen LogP contribution in [0.15, 0.2) is 0 Å². The van der Waals surface area contributed by atoms with E-state index in [9.17, 15) is 13.2 Å². The van der Waals surface area contributed by atoms with Crippen molar-refractivity contribution in [2.75, 3.05) is 0 Å². The SMILES string of the molecule is CCCCCCCCC(C(F)(F)F)C(OC1CCCCC1)(OC1CCCCC1)OC1CCCCC1. The summed E-state index contributed by atoms with van der Waals surface area (Å²) in [6.07, 6.45) is 14.8. The summed E-state index contributed by atoms with van der Waals surface area (Å²) >= 11 is 0. The van der Waals surface area contributed by atoms with E-state index in [0.717, 1.165) is 128 Å². The second-order valence-electron chi connectivity index (χ2n) is 11.4. The fourth-order valence-electron chi connectivity index (χ4n) is 6.25. The first kappa shape index (κ1) is 29.2. The maximum atomic E-state index is 14.9. The van der Waals surface area contributed by atoms with E-state index in [4.69, 9.17) is 14.2 Å². The summed E-state index contributed by atoms with van der Waals surface area (Å²) in [7, 11) is 0. The summed E-state index contributed by atoms with van der Waals surface area (Å²) in [4.78, 5) is 0. The molecule has 0 bridgehead atoms. The molecule has 6 heteroatoms. The van der Waals surface area contributed by atoms with Crippen LogP contribution in [0.3, 0.4) is 0 Å². The molecule has 0 aromatic heterocycles. The van der Waals surface area contributed by atoms with Gasteiger partial charge in [0.15, 0.2) is 0 Å². The Kier molecular flexibility index (Phi) is 12.7. The first-order valence-electron chi connectivity index (χ1n) is 15.0. The largest absolute Gasteiger partial charge is 0.399 e. The van der Waals surface area contributed by atoms with Crippen molar-refractivity contribution in [1.29, 1.82) is 0 Å². The summed E-state index contributed by atoms with van der Waals surface area (Å²) in [5, 5.41) is 0. The molecule has 3 aliphatic carbocycles. The highest BCUT2D eigenvalue weighted by Gasteiger charge is 2.59. The summed E-state index contributed by atoms with van der Waals surface area (Å²) in [5.74, 6) is -3.75. The average Bonchev–Trinajstić information content (AvgIpc) is 2.84. The van der Waals surface area contributed by atoms with Gasteiger partial charge in [0.25, 0.3) is 5.97 Å². The van der Waals surface area contributed by atoms with Crippen molar-refractivity contribution in [2.45, 2.75) is 179 Å². The first-order valence-corrected chi connectivity index (χ1v) is 15.0. The summed E-state index contributed by atoms with van der Waals surface area (Å²) in [6.45, 7) is 2.15. The second kappa shape index (κ2) is 15.2. The molecule has 3 saturated carbocycles. The number of unbranched alkanes of at least 4 members (excludes halogenated alkanes) is 5. The highest BCUT2D eigenvalue weighted by molar-refractivity contribution is 4.85. The molecule has 0 radical (unpaired) electrons. The first-order chi connectivity index (χ1) is 16.9. The van der Waals surface area contributed by atoms with Crippen LogP contribution in [0.4, 0.5) is 13.2 Å². The van der Waals surface area contributed by atoms with Gasteiger partial charge in [0, 0.05) is 0 Å². The van der Waals surface area contributed by atoms with Gasteiger partial charge in [-0.1, -0.05) is 103 Å². The topological polar surface area (TPSA) is 27.7 Å². The van der Waals surface area contributed by atoms with Gasteiger partial charge in [-0.05, 0) is 44.9 Å². The molecule has 0 aromatic rings. The highest BCUT2D eigenvalue weighted by Crippen LogP contribution is 2.47. The molecule has 35 heavy (non-hydrogen) atoms. The van der Waals surface area contributed by atoms with Crippen LogP contribution in [0.1, 0.15) is 148 Å². The Hall–Kier alpha value is -0.330. The summed E-state index contributed by atoms with van der Waals surface area (Å²) in [6, 6.07) is 0. The van der Waals surface area contributed by atoms with Crippen molar-refractivity contribution in [1.82, 2.24) is 0 Å². The summed E-state index contributed by atoms with van der Waals surface area (Å²) in [5.41, 5.74) is 0. The minimum absolute atomic E-state index is 0.0157. The van der Waals surface area contributed by atoms with Gasteiger partial charge in [-0.3, -0.25) is 0 Å². The zero-order chi connectivity index (χ0) is 25.0. The lowest BCUT2D eigenvalue weighted by molar-refractivity contribution is -0.468. The predicted molar refractivity (Wildman–Crippen MR) is 134 cm³/mol. The van der Waals surface area contributed by atoms with Crippen LogP contribution in [0.2, 0.25) is 0 Å². The smallest absolute Gasteiger partial charge is 0.324 e. The molecule has 0 saturated heterocycles. The zero-order valence-electron chi connectivity index (χ0n) is 22.2. The molecular formula is C29H51F3O3. The Morgan fingerprint density at radius 1 is 0.571 bits per heavy atom. The molecule has 1 unspecified atom stereocenters. The van der Waals surface area contributed by atoms with Gasteiger partial charge >= 0.3 is 6.18 Å². The minimum Gasteiger partial charge on any atom is -0.324 e. The Labute approximate surface area is 212 Å². The van der Waals surface area contributed by atoms with Crippen LogP contribution >= 0.6 is 0 Å². The monoisotopic (exact) mass is 504 g/mol. The minimum atomic E-state index is -4.43. The molecule has 3 rings (SSSR count). The van der Waals surface area contributed by atoms with E-state index in [1.807, 2.05) is 0 Å². The van der Waals surface area contributed by atoms with E-state index in [2.05, 4.69) is 6.92 Å².